The van der Waals surface area contributed by atoms with E-state index in [2.05, 4.69) is 320 Å². The lowest BCUT2D eigenvalue weighted by Gasteiger charge is -2.44. The Morgan fingerprint density at radius 3 is 1.40 bits per heavy atom. The monoisotopic (exact) mass is 1180 g/mol. The third kappa shape index (κ3) is 9.37. The quantitative estimate of drug-likeness (QED) is 0.127. The number of hydrogen-bond donors (Lipinski definition) is 0. The molecule has 0 fully saturated rings. The van der Waals surface area contributed by atoms with Crippen molar-refractivity contribution in [2.24, 2.45) is 0 Å². The number of aromatic nitrogens is 5. The number of rotatable bonds is 10. The molecule has 434 valence electrons. The molecule has 0 amide bonds. The molecule has 0 unspecified atom stereocenters. The average molecular weight is 1180 g/mol. The molecule has 0 saturated heterocycles. The maximum atomic E-state index is 5.69. The molecule has 17 rings (SSSR count). The Labute approximate surface area is 536 Å². The van der Waals surface area contributed by atoms with Crippen LogP contribution in [0.25, 0.3) is 106 Å². The minimum absolute atomic E-state index is 0.0430. The number of benzene rings is 12. The van der Waals surface area contributed by atoms with Crippen LogP contribution in [0.2, 0.25) is 0 Å². The van der Waals surface area contributed by atoms with Crippen molar-refractivity contribution >= 4 is 79.0 Å². The fourth-order valence-electron chi connectivity index (χ4n) is 13.9. The van der Waals surface area contributed by atoms with Crippen LogP contribution >= 0.6 is 0 Å². The van der Waals surface area contributed by atoms with Gasteiger partial charge in [0.2, 0.25) is 0 Å². The molecule has 0 saturated carbocycles. The zero-order chi connectivity index (χ0) is 61.4. The van der Waals surface area contributed by atoms with Crippen LogP contribution in [0.4, 0.5) is 34.1 Å². The lowest BCUT2D eigenvalue weighted by atomic mass is 9.33. The SMILES string of the molecule is CC(C)(C)c1ccc2c(c1)c1ccccc1n2-c1ccc(-c2cc(-c3ccccc3)nc(-c3ccccc3)n2)cc1-c1cc(-c2ccccc2)nc(-c2cccc(-c3ccc(N4c5ccccc5B5c6ccccc6N(c6ccccc6)c6cccc4c65)cc3)c2)n1. The lowest BCUT2D eigenvalue weighted by molar-refractivity contribution is 0.591. The zero-order valence-corrected chi connectivity index (χ0v) is 51.2. The summed E-state index contributed by atoms with van der Waals surface area (Å²) in [5.74, 6) is 1.27. The standard InChI is InChI=1S/C84H60BN7/c1-84(2,3)62-45-49-75-66(52-62)65-34-16-19-37-74(65)92(75)76-48-44-60(72-53-70(56-24-8-4-9-25-56)86-82(88-72)58-28-12-6-13-29-58)51-67(76)73-54-71(57-26-10-5-11-27-57)87-83(89-73)61-31-22-30-59(50-61)55-42-46-64(47-43-55)91-78-39-21-18-36-69(78)85-68-35-17-20-38-77(68)90(63-32-14-7-15-33-63)79-40-23-41-80(91)81(79)85/h4-54H,1-3H3. The largest absolute Gasteiger partial charge is 0.311 e. The summed E-state index contributed by atoms with van der Waals surface area (Å²) >= 11 is 0. The second kappa shape index (κ2) is 22.1. The van der Waals surface area contributed by atoms with Crippen molar-refractivity contribution in [3.8, 4) is 84.6 Å². The number of para-hydroxylation sites is 4. The first-order chi connectivity index (χ1) is 45.3. The first kappa shape index (κ1) is 54.4. The number of fused-ring (bicyclic) bond motifs is 7. The van der Waals surface area contributed by atoms with E-state index >= 15 is 0 Å². The molecule has 0 N–H and O–H groups in total. The number of hydrogen-bond acceptors (Lipinski definition) is 6. The van der Waals surface area contributed by atoms with E-state index in [-0.39, 0.29) is 12.1 Å². The van der Waals surface area contributed by atoms with Gasteiger partial charge in [0, 0.05) is 78.3 Å². The number of anilines is 6. The van der Waals surface area contributed by atoms with Gasteiger partial charge in [-0.2, -0.15) is 0 Å². The maximum absolute atomic E-state index is 5.69. The molecule has 3 aromatic heterocycles. The first-order valence-corrected chi connectivity index (χ1v) is 31.6. The van der Waals surface area contributed by atoms with E-state index in [0.29, 0.717) is 11.6 Å². The third-order valence-corrected chi connectivity index (χ3v) is 18.4. The molecule has 8 heteroatoms. The minimum atomic E-state index is -0.0430. The topological polar surface area (TPSA) is 63.0 Å². The van der Waals surface area contributed by atoms with Gasteiger partial charge in [0.1, 0.15) is 0 Å². The van der Waals surface area contributed by atoms with Gasteiger partial charge in [-0.3, -0.25) is 0 Å². The van der Waals surface area contributed by atoms with E-state index in [1.54, 1.807) is 0 Å². The van der Waals surface area contributed by atoms with Gasteiger partial charge in [0.25, 0.3) is 6.71 Å². The molecule has 5 heterocycles. The zero-order valence-electron chi connectivity index (χ0n) is 51.2. The Morgan fingerprint density at radius 2 is 0.761 bits per heavy atom. The molecule has 0 spiro atoms. The highest BCUT2D eigenvalue weighted by Crippen LogP contribution is 2.46. The van der Waals surface area contributed by atoms with Crippen molar-refractivity contribution in [3.05, 3.63) is 315 Å². The number of nitrogens with zero attached hydrogens (tertiary/aromatic N) is 7. The molecule has 0 radical (unpaired) electrons. The summed E-state index contributed by atoms with van der Waals surface area (Å²) in [4.78, 5) is 26.6. The van der Waals surface area contributed by atoms with Crippen molar-refractivity contribution < 1.29 is 0 Å². The summed E-state index contributed by atoms with van der Waals surface area (Å²) in [6.45, 7) is 6.91. The molecule has 0 atom stereocenters. The smallest absolute Gasteiger partial charge is 0.252 e. The van der Waals surface area contributed by atoms with Gasteiger partial charge in [-0.05, 0) is 136 Å². The molecular formula is C84H60BN7. The van der Waals surface area contributed by atoms with Gasteiger partial charge >= 0.3 is 0 Å². The van der Waals surface area contributed by atoms with E-state index < -0.39 is 0 Å². The second-order valence-electron chi connectivity index (χ2n) is 25.0. The summed E-state index contributed by atoms with van der Waals surface area (Å²) in [6.07, 6.45) is 0. The van der Waals surface area contributed by atoms with E-state index in [4.69, 9.17) is 19.9 Å². The highest BCUT2D eigenvalue weighted by Gasteiger charge is 2.43. The summed E-state index contributed by atoms with van der Waals surface area (Å²) < 4.78 is 2.42. The normalized spacial score (nSPS) is 12.4. The molecule has 2 aliphatic heterocycles. The fraction of sp³-hybridized carbons (Fsp3) is 0.0476. The molecule has 15 aromatic rings. The minimum Gasteiger partial charge on any atom is -0.311 e. The van der Waals surface area contributed by atoms with Crippen molar-refractivity contribution in [2.75, 3.05) is 9.80 Å². The Kier molecular flexibility index (Phi) is 13.1. The van der Waals surface area contributed by atoms with Crippen molar-refractivity contribution in [1.82, 2.24) is 24.5 Å². The lowest BCUT2D eigenvalue weighted by Crippen LogP contribution is -2.61. The average Bonchev–Trinajstić information content (AvgIpc) is 0.845. The van der Waals surface area contributed by atoms with Crippen molar-refractivity contribution in [2.45, 2.75) is 26.2 Å². The van der Waals surface area contributed by atoms with Gasteiger partial charge in [0.05, 0.1) is 39.5 Å². The Morgan fingerprint density at radius 1 is 0.293 bits per heavy atom. The molecule has 0 bridgehead atoms. The summed E-state index contributed by atoms with van der Waals surface area (Å²) in [7, 11) is 0. The first-order valence-electron chi connectivity index (χ1n) is 31.6. The Balaban J connectivity index is 0.814. The molecular weight excluding hydrogens is 1120 g/mol. The maximum Gasteiger partial charge on any atom is 0.252 e. The van der Waals surface area contributed by atoms with E-state index in [9.17, 15) is 0 Å². The van der Waals surface area contributed by atoms with E-state index in [1.165, 1.54) is 55.5 Å². The van der Waals surface area contributed by atoms with Crippen LogP contribution in [0, 0.1) is 0 Å². The van der Waals surface area contributed by atoms with Crippen LogP contribution in [-0.4, -0.2) is 31.2 Å². The summed E-state index contributed by atoms with van der Waals surface area (Å²) in [5, 5.41) is 2.39. The van der Waals surface area contributed by atoms with Crippen LogP contribution in [0.1, 0.15) is 26.3 Å². The van der Waals surface area contributed by atoms with Crippen molar-refractivity contribution in [3.63, 3.8) is 0 Å². The van der Waals surface area contributed by atoms with E-state index in [0.717, 1.165) is 95.4 Å². The van der Waals surface area contributed by atoms with Gasteiger partial charge < -0.3 is 14.4 Å². The van der Waals surface area contributed by atoms with Crippen LogP contribution in [0.5, 0.6) is 0 Å². The highest BCUT2D eigenvalue weighted by molar-refractivity contribution is 7.00. The Bertz CT molecular complexity index is 5280. The fourth-order valence-corrected chi connectivity index (χ4v) is 13.9. The molecule has 12 aromatic carbocycles. The second-order valence-corrected chi connectivity index (χ2v) is 25.0. The molecule has 2 aliphatic rings. The van der Waals surface area contributed by atoms with Crippen LogP contribution in [0.15, 0.2) is 309 Å². The van der Waals surface area contributed by atoms with Gasteiger partial charge in [-0.15, -0.1) is 0 Å². The molecule has 7 nitrogen and oxygen atoms in total. The summed E-state index contributed by atoms with van der Waals surface area (Å²) in [6, 6.07) is 111. The molecule has 0 aliphatic carbocycles. The highest BCUT2D eigenvalue weighted by atomic mass is 15.2. The van der Waals surface area contributed by atoms with E-state index in [1.807, 2.05) is 24.3 Å². The third-order valence-electron chi connectivity index (χ3n) is 18.4. The van der Waals surface area contributed by atoms with Gasteiger partial charge in [-0.1, -0.05) is 233 Å². The summed E-state index contributed by atoms with van der Waals surface area (Å²) in [5.41, 5.74) is 26.4. The van der Waals surface area contributed by atoms with Gasteiger partial charge in [-0.25, -0.2) is 19.9 Å². The van der Waals surface area contributed by atoms with Crippen molar-refractivity contribution in [1.29, 1.82) is 0 Å². The van der Waals surface area contributed by atoms with Crippen LogP contribution in [-0.2, 0) is 5.41 Å². The predicted octanol–water partition coefficient (Wildman–Crippen LogP) is 19.4. The van der Waals surface area contributed by atoms with Crippen LogP contribution < -0.4 is 26.2 Å². The molecule has 92 heavy (non-hydrogen) atoms. The van der Waals surface area contributed by atoms with Gasteiger partial charge in [0.15, 0.2) is 11.6 Å². The Hall–Kier alpha value is -11.7. The predicted molar refractivity (Wildman–Crippen MR) is 383 cm³/mol. The van der Waals surface area contributed by atoms with Crippen LogP contribution in [0.3, 0.4) is 0 Å².